The third kappa shape index (κ3) is 3.69. The summed E-state index contributed by atoms with van der Waals surface area (Å²) in [6.07, 6.45) is 1.78. The first-order chi connectivity index (χ1) is 13.9. The van der Waals surface area contributed by atoms with Crippen LogP contribution in [0, 0.1) is 11.6 Å². The van der Waals surface area contributed by atoms with Crippen molar-refractivity contribution in [3.05, 3.63) is 76.7 Å². The molecule has 0 atom stereocenters. The second-order valence-electron chi connectivity index (χ2n) is 6.66. The zero-order valence-corrected chi connectivity index (χ0v) is 15.4. The molecule has 1 aliphatic heterocycles. The summed E-state index contributed by atoms with van der Waals surface area (Å²) in [6.45, 7) is 1.59. The van der Waals surface area contributed by atoms with Crippen LogP contribution < -0.4 is 10.6 Å². The predicted molar refractivity (Wildman–Crippen MR) is 102 cm³/mol. The van der Waals surface area contributed by atoms with Crippen LogP contribution in [0.25, 0.3) is 11.3 Å². The van der Waals surface area contributed by atoms with E-state index in [-0.39, 0.29) is 36.0 Å². The van der Waals surface area contributed by atoms with Crippen molar-refractivity contribution in [1.82, 2.24) is 15.3 Å². The van der Waals surface area contributed by atoms with Gasteiger partial charge < -0.3 is 10.6 Å². The Morgan fingerprint density at radius 3 is 2.59 bits per heavy atom. The fourth-order valence-electron chi connectivity index (χ4n) is 3.32. The molecule has 0 saturated carbocycles. The third-order valence-electron chi connectivity index (χ3n) is 4.56. The first kappa shape index (κ1) is 18.7. The summed E-state index contributed by atoms with van der Waals surface area (Å²) in [5, 5.41) is 5.32. The highest BCUT2D eigenvalue weighted by Gasteiger charge is 2.26. The zero-order chi connectivity index (χ0) is 20.5. The number of nitrogens with one attached hydrogen (secondary N) is 2. The van der Waals surface area contributed by atoms with Crippen LogP contribution in [0.1, 0.15) is 34.2 Å². The van der Waals surface area contributed by atoms with E-state index in [1.165, 1.54) is 37.4 Å². The molecule has 1 aromatic carbocycles. The van der Waals surface area contributed by atoms with Crippen LogP contribution in [0.15, 0.2) is 42.6 Å². The average Bonchev–Trinajstić information content (AvgIpc) is 3.04. The summed E-state index contributed by atoms with van der Waals surface area (Å²) in [6, 6.07) is 8.55. The number of fused-ring (bicyclic) bond motifs is 1. The summed E-state index contributed by atoms with van der Waals surface area (Å²) >= 11 is 0. The number of nitrogens with zero attached hydrogens (tertiary/aromatic N) is 2. The van der Waals surface area contributed by atoms with Crippen LogP contribution in [0.2, 0.25) is 0 Å². The monoisotopic (exact) mass is 394 g/mol. The van der Waals surface area contributed by atoms with Crippen molar-refractivity contribution in [2.24, 2.45) is 0 Å². The second-order valence-corrected chi connectivity index (χ2v) is 6.66. The number of hydrogen-bond donors (Lipinski definition) is 2. The van der Waals surface area contributed by atoms with E-state index < -0.39 is 11.6 Å². The minimum atomic E-state index is -0.724. The lowest BCUT2D eigenvalue weighted by molar-refractivity contribution is -0.114. The van der Waals surface area contributed by atoms with E-state index in [4.69, 9.17) is 0 Å². The highest BCUT2D eigenvalue weighted by molar-refractivity contribution is 5.99. The molecule has 0 aliphatic carbocycles. The molecule has 4 rings (SSSR count). The normalized spacial score (nSPS) is 12.4. The Morgan fingerprint density at radius 2 is 1.93 bits per heavy atom. The van der Waals surface area contributed by atoms with Gasteiger partial charge in [-0.1, -0.05) is 6.07 Å². The molecule has 6 nitrogen and oxygen atoms in total. The average molecular weight is 394 g/mol. The Morgan fingerprint density at radius 1 is 1.17 bits per heavy atom. The van der Waals surface area contributed by atoms with E-state index in [9.17, 15) is 18.4 Å². The van der Waals surface area contributed by atoms with Gasteiger partial charge in [0, 0.05) is 19.0 Å². The maximum absolute atomic E-state index is 14.3. The Labute approximate surface area is 165 Å². The molecule has 3 aromatic rings. The van der Waals surface area contributed by atoms with Gasteiger partial charge >= 0.3 is 0 Å². The van der Waals surface area contributed by atoms with Crippen LogP contribution in [0.3, 0.4) is 0 Å². The third-order valence-corrected chi connectivity index (χ3v) is 4.56. The van der Waals surface area contributed by atoms with Gasteiger partial charge in [-0.2, -0.15) is 0 Å². The molecule has 0 unspecified atom stereocenters. The maximum Gasteiger partial charge on any atom is 0.253 e. The molecular weight excluding hydrogens is 378 g/mol. The smallest absolute Gasteiger partial charge is 0.253 e. The standard InChI is InChI=1S/C21H16F2N4O2/c1-11(28)26-14-6-5-13(24-9-14)7-12-8-17(20-15(22)3-2-4-16(20)23)27-18-10-25-21(29)19(12)18/h2-6,8-9H,7,10H2,1H3,(H,25,29)(H,26,28). The van der Waals surface area contributed by atoms with Crippen molar-refractivity contribution >= 4 is 17.5 Å². The lowest BCUT2D eigenvalue weighted by Gasteiger charge is -2.11. The van der Waals surface area contributed by atoms with Crippen molar-refractivity contribution in [3.8, 4) is 11.3 Å². The Bertz CT molecular complexity index is 1110. The van der Waals surface area contributed by atoms with Gasteiger partial charge in [0.25, 0.3) is 5.91 Å². The number of hydrogen-bond acceptors (Lipinski definition) is 4. The molecule has 146 valence electrons. The van der Waals surface area contributed by atoms with E-state index >= 15 is 0 Å². The molecule has 0 fully saturated rings. The summed E-state index contributed by atoms with van der Waals surface area (Å²) in [5.74, 6) is -1.94. The van der Waals surface area contributed by atoms with E-state index in [0.717, 1.165) is 0 Å². The molecule has 2 amide bonds. The minimum absolute atomic E-state index is 0.126. The van der Waals surface area contributed by atoms with Crippen LogP contribution in [-0.4, -0.2) is 21.8 Å². The highest BCUT2D eigenvalue weighted by atomic mass is 19.1. The predicted octanol–water partition coefficient (Wildman–Crippen LogP) is 3.21. The first-order valence-electron chi connectivity index (χ1n) is 8.90. The van der Waals surface area contributed by atoms with Crippen molar-refractivity contribution in [3.63, 3.8) is 0 Å². The van der Waals surface area contributed by atoms with Crippen molar-refractivity contribution in [2.45, 2.75) is 19.9 Å². The van der Waals surface area contributed by atoms with Gasteiger partial charge in [0.1, 0.15) is 11.6 Å². The first-order valence-corrected chi connectivity index (χ1v) is 8.90. The molecule has 0 bridgehead atoms. The minimum Gasteiger partial charge on any atom is -0.346 e. The Hall–Kier alpha value is -3.68. The number of rotatable bonds is 4. The quantitative estimate of drug-likeness (QED) is 0.712. The molecule has 8 heteroatoms. The Kier molecular flexibility index (Phi) is 4.75. The second kappa shape index (κ2) is 7.38. The van der Waals surface area contributed by atoms with E-state index in [2.05, 4.69) is 20.6 Å². The highest BCUT2D eigenvalue weighted by Crippen LogP contribution is 2.30. The van der Waals surface area contributed by atoms with Gasteiger partial charge in [-0.25, -0.2) is 13.8 Å². The number of anilines is 1. The SMILES string of the molecule is CC(=O)Nc1ccc(Cc2cc(-c3c(F)cccc3F)nc3c2C(=O)NC3)nc1. The zero-order valence-electron chi connectivity index (χ0n) is 15.4. The summed E-state index contributed by atoms with van der Waals surface area (Å²) in [7, 11) is 0. The fourth-order valence-corrected chi connectivity index (χ4v) is 3.32. The van der Waals surface area contributed by atoms with Crippen molar-refractivity contribution in [2.75, 3.05) is 5.32 Å². The molecule has 1 aliphatic rings. The molecule has 0 radical (unpaired) electrons. The van der Waals surface area contributed by atoms with Crippen molar-refractivity contribution in [1.29, 1.82) is 0 Å². The maximum atomic E-state index is 14.3. The molecule has 3 heterocycles. The van der Waals surface area contributed by atoms with E-state index in [1.54, 1.807) is 12.1 Å². The number of carbonyl (C=O) groups excluding carboxylic acids is 2. The molecule has 2 N–H and O–H groups in total. The lowest BCUT2D eigenvalue weighted by Crippen LogP contribution is -2.14. The molecular formula is C21H16F2N4O2. The van der Waals surface area contributed by atoms with Crippen LogP contribution in [0.5, 0.6) is 0 Å². The van der Waals surface area contributed by atoms with Crippen LogP contribution in [0.4, 0.5) is 14.5 Å². The lowest BCUT2D eigenvalue weighted by atomic mass is 9.98. The van der Waals surface area contributed by atoms with E-state index in [0.29, 0.717) is 28.2 Å². The van der Waals surface area contributed by atoms with Gasteiger partial charge in [-0.3, -0.25) is 14.6 Å². The van der Waals surface area contributed by atoms with Gasteiger partial charge in [-0.15, -0.1) is 0 Å². The van der Waals surface area contributed by atoms with Gasteiger partial charge in [-0.05, 0) is 35.9 Å². The summed E-state index contributed by atoms with van der Waals surface area (Å²) in [5.41, 5.74) is 2.49. The van der Waals surface area contributed by atoms with Gasteiger partial charge in [0.2, 0.25) is 5.91 Å². The van der Waals surface area contributed by atoms with Crippen LogP contribution >= 0.6 is 0 Å². The molecule has 2 aromatic heterocycles. The number of amides is 2. The molecule has 29 heavy (non-hydrogen) atoms. The van der Waals surface area contributed by atoms with Gasteiger partial charge in [0.15, 0.2) is 0 Å². The van der Waals surface area contributed by atoms with E-state index in [1.807, 2.05) is 0 Å². The summed E-state index contributed by atoms with van der Waals surface area (Å²) < 4.78 is 28.5. The summed E-state index contributed by atoms with van der Waals surface area (Å²) in [4.78, 5) is 32.0. The Balaban J connectivity index is 1.76. The number of halogens is 2. The number of aromatic nitrogens is 2. The molecule has 0 spiro atoms. The van der Waals surface area contributed by atoms with Crippen molar-refractivity contribution < 1.29 is 18.4 Å². The topological polar surface area (TPSA) is 84.0 Å². The fraction of sp³-hybridized carbons (Fsp3) is 0.143. The number of carbonyl (C=O) groups is 2. The number of pyridine rings is 2. The number of benzene rings is 1. The molecule has 0 saturated heterocycles. The van der Waals surface area contributed by atoms with Gasteiger partial charge in [0.05, 0.1) is 40.9 Å². The largest absolute Gasteiger partial charge is 0.346 e. The van der Waals surface area contributed by atoms with Crippen LogP contribution in [-0.2, 0) is 17.8 Å².